The van der Waals surface area contributed by atoms with Crippen LogP contribution in [0.4, 0.5) is 0 Å². The molecule has 0 aromatic heterocycles. The molecule has 0 unspecified atom stereocenters. The minimum Gasteiger partial charge on any atom is -0.276 e. The Morgan fingerprint density at radius 1 is 0.652 bits per heavy atom. The lowest BCUT2D eigenvalue weighted by atomic mass is 9.84. The molecule has 0 aliphatic carbocycles. The van der Waals surface area contributed by atoms with Gasteiger partial charge in [0.2, 0.25) is 0 Å². The smallest absolute Gasteiger partial charge is 0.252 e. The van der Waals surface area contributed by atoms with Crippen LogP contribution in [0, 0.1) is 0 Å². The quantitative estimate of drug-likeness (QED) is 0.343. The van der Waals surface area contributed by atoms with Gasteiger partial charge < -0.3 is 0 Å². The van der Waals surface area contributed by atoms with E-state index in [4.69, 9.17) is 23.2 Å². The summed E-state index contributed by atoms with van der Waals surface area (Å²) < 4.78 is 0. The van der Waals surface area contributed by atoms with Gasteiger partial charge in [-0.05, 0) is 40.4 Å². The van der Waals surface area contributed by atoms with Crippen molar-refractivity contribution < 1.29 is 4.79 Å². The van der Waals surface area contributed by atoms with E-state index in [1.807, 2.05) is 72.8 Å². The molecule has 0 amide bonds. The molecule has 114 valence electrons. The highest BCUT2D eigenvalue weighted by molar-refractivity contribution is 6.67. The highest BCUT2D eigenvalue weighted by Crippen LogP contribution is 2.42. The average molecular weight is 341 g/mol. The SMILES string of the molecule is O=C(Cl)c1ccc(C(Cl)(c2ccccc2)c2ccccc2)cc1. The molecule has 0 atom stereocenters. The second-order valence-corrected chi connectivity index (χ2v) is 6.15. The molecule has 0 fully saturated rings. The van der Waals surface area contributed by atoms with Crippen molar-refractivity contribution in [1.82, 2.24) is 0 Å². The lowest BCUT2D eigenvalue weighted by Crippen LogP contribution is -2.22. The maximum absolute atomic E-state index is 11.3. The summed E-state index contributed by atoms with van der Waals surface area (Å²) in [6.45, 7) is 0. The average Bonchev–Trinajstić information content (AvgIpc) is 2.62. The van der Waals surface area contributed by atoms with Crippen LogP contribution in [0.15, 0.2) is 84.9 Å². The lowest BCUT2D eigenvalue weighted by molar-refractivity contribution is 0.108. The monoisotopic (exact) mass is 340 g/mol. The third-order valence-corrected chi connectivity index (χ3v) is 4.73. The first-order chi connectivity index (χ1) is 11.1. The predicted molar refractivity (Wildman–Crippen MR) is 95.2 cm³/mol. The topological polar surface area (TPSA) is 17.1 Å². The van der Waals surface area contributed by atoms with Crippen molar-refractivity contribution in [2.24, 2.45) is 0 Å². The molecular formula is C20H14Cl2O. The molecule has 23 heavy (non-hydrogen) atoms. The minimum atomic E-state index is -0.823. The van der Waals surface area contributed by atoms with Gasteiger partial charge in [0, 0.05) is 5.56 Å². The number of carbonyl (C=O) groups excluding carboxylic acids is 1. The molecule has 3 rings (SSSR count). The maximum atomic E-state index is 11.3. The predicted octanol–water partition coefficient (Wildman–Crippen LogP) is 5.60. The number of carbonyl (C=O) groups is 1. The highest BCUT2D eigenvalue weighted by Gasteiger charge is 2.33. The molecular weight excluding hydrogens is 327 g/mol. The van der Waals surface area contributed by atoms with Gasteiger partial charge in [0.15, 0.2) is 0 Å². The van der Waals surface area contributed by atoms with E-state index in [1.165, 1.54) is 0 Å². The summed E-state index contributed by atoms with van der Waals surface area (Å²) in [5.74, 6) is 0. The van der Waals surface area contributed by atoms with Crippen LogP contribution in [0.25, 0.3) is 0 Å². The van der Waals surface area contributed by atoms with E-state index in [0.717, 1.165) is 16.7 Å². The first-order valence-corrected chi connectivity index (χ1v) is 7.98. The summed E-state index contributed by atoms with van der Waals surface area (Å²) >= 11 is 12.7. The van der Waals surface area contributed by atoms with E-state index in [1.54, 1.807) is 12.1 Å². The van der Waals surface area contributed by atoms with Gasteiger partial charge in [0.25, 0.3) is 5.24 Å². The molecule has 1 nitrogen and oxygen atoms in total. The molecule has 0 N–H and O–H groups in total. The molecule has 3 heteroatoms. The Morgan fingerprint density at radius 2 is 1.04 bits per heavy atom. The number of alkyl halides is 1. The van der Waals surface area contributed by atoms with E-state index in [2.05, 4.69) is 0 Å². The minimum absolute atomic E-state index is 0.454. The van der Waals surface area contributed by atoms with Crippen LogP contribution in [0.1, 0.15) is 27.0 Å². The number of benzene rings is 3. The Bertz CT molecular complexity index is 757. The Balaban J connectivity index is 2.18. The van der Waals surface area contributed by atoms with Crippen LogP contribution in [0.3, 0.4) is 0 Å². The van der Waals surface area contributed by atoms with Crippen molar-refractivity contribution in [2.45, 2.75) is 4.87 Å². The first kappa shape index (κ1) is 15.8. The van der Waals surface area contributed by atoms with Crippen LogP contribution < -0.4 is 0 Å². The molecule has 0 aliphatic rings. The van der Waals surface area contributed by atoms with Gasteiger partial charge in [0.1, 0.15) is 4.87 Å². The van der Waals surface area contributed by atoms with Crippen LogP contribution in [0.2, 0.25) is 0 Å². The third kappa shape index (κ3) is 3.03. The number of hydrogen-bond donors (Lipinski definition) is 0. The van der Waals surface area contributed by atoms with Crippen LogP contribution >= 0.6 is 23.2 Å². The number of halogens is 2. The van der Waals surface area contributed by atoms with Crippen molar-refractivity contribution in [3.8, 4) is 0 Å². The standard InChI is InChI=1S/C20H14Cl2O/c21-19(23)15-11-13-18(14-12-15)20(22,16-7-3-1-4-8-16)17-9-5-2-6-10-17/h1-14H. The van der Waals surface area contributed by atoms with Gasteiger partial charge in [-0.25, -0.2) is 0 Å². The zero-order valence-electron chi connectivity index (χ0n) is 12.2. The number of hydrogen-bond acceptors (Lipinski definition) is 1. The molecule has 3 aromatic rings. The molecule has 0 aliphatic heterocycles. The van der Waals surface area contributed by atoms with Gasteiger partial charge in [-0.1, -0.05) is 72.8 Å². The van der Waals surface area contributed by atoms with E-state index in [-0.39, 0.29) is 0 Å². The fourth-order valence-corrected chi connectivity index (χ4v) is 3.17. The van der Waals surface area contributed by atoms with Gasteiger partial charge in [-0.2, -0.15) is 0 Å². The molecule has 0 bridgehead atoms. The summed E-state index contributed by atoms with van der Waals surface area (Å²) in [5, 5.41) is -0.476. The zero-order valence-corrected chi connectivity index (χ0v) is 13.8. The largest absolute Gasteiger partial charge is 0.276 e. The lowest BCUT2D eigenvalue weighted by Gasteiger charge is -2.29. The summed E-state index contributed by atoms with van der Waals surface area (Å²) in [6, 6.07) is 26.9. The molecule has 0 saturated heterocycles. The van der Waals surface area contributed by atoms with Gasteiger partial charge in [0.05, 0.1) is 0 Å². The second-order valence-electron chi connectivity index (χ2n) is 5.24. The van der Waals surface area contributed by atoms with Crippen LogP contribution in [-0.4, -0.2) is 5.24 Å². The van der Waals surface area contributed by atoms with Crippen molar-refractivity contribution in [3.05, 3.63) is 107 Å². The van der Waals surface area contributed by atoms with Gasteiger partial charge in [-0.15, -0.1) is 11.6 Å². The molecule has 0 heterocycles. The van der Waals surface area contributed by atoms with Crippen molar-refractivity contribution >= 4 is 28.4 Å². The Kier molecular flexibility index (Phi) is 4.51. The first-order valence-electron chi connectivity index (χ1n) is 7.22. The second kappa shape index (κ2) is 6.57. The van der Waals surface area contributed by atoms with Crippen LogP contribution in [-0.2, 0) is 4.87 Å². The highest BCUT2D eigenvalue weighted by atomic mass is 35.5. The van der Waals surface area contributed by atoms with Crippen LogP contribution in [0.5, 0.6) is 0 Å². The fraction of sp³-hybridized carbons (Fsp3) is 0.0500. The van der Waals surface area contributed by atoms with E-state index in [0.29, 0.717) is 5.56 Å². The normalized spacial score (nSPS) is 11.2. The molecule has 0 radical (unpaired) electrons. The van der Waals surface area contributed by atoms with E-state index < -0.39 is 10.1 Å². The van der Waals surface area contributed by atoms with Gasteiger partial charge >= 0.3 is 0 Å². The maximum Gasteiger partial charge on any atom is 0.252 e. The molecule has 3 aromatic carbocycles. The Hall–Kier alpha value is -2.09. The summed E-state index contributed by atoms with van der Waals surface area (Å²) in [7, 11) is 0. The summed E-state index contributed by atoms with van der Waals surface area (Å²) in [5.41, 5.74) is 3.28. The number of rotatable bonds is 4. The van der Waals surface area contributed by atoms with Crippen molar-refractivity contribution in [2.75, 3.05) is 0 Å². The van der Waals surface area contributed by atoms with E-state index >= 15 is 0 Å². The Morgan fingerprint density at radius 3 is 1.43 bits per heavy atom. The fourth-order valence-electron chi connectivity index (χ4n) is 2.67. The van der Waals surface area contributed by atoms with Gasteiger partial charge in [-0.3, -0.25) is 4.79 Å². The zero-order chi connectivity index (χ0) is 16.3. The molecule has 0 spiro atoms. The van der Waals surface area contributed by atoms with E-state index in [9.17, 15) is 4.79 Å². The third-order valence-electron chi connectivity index (χ3n) is 3.85. The summed E-state index contributed by atoms with van der Waals surface area (Å²) in [6.07, 6.45) is 0. The molecule has 0 saturated carbocycles. The van der Waals surface area contributed by atoms with Crippen molar-refractivity contribution in [1.29, 1.82) is 0 Å². The Labute approximate surface area is 145 Å². The summed E-state index contributed by atoms with van der Waals surface area (Å²) in [4.78, 5) is 10.5. The van der Waals surface area contributed by atoms with Crippen molar-refractivity contribution in [3.63, 3.8) is 0 Å².